The molecule has 6 nitrogen and oxygen atoms in total. The van der Waals surface area contributed by atoms with Crippen LogP contribution in [0.5, 0.6) is 5.75 Å². The fraction of sp³-hybridized carbons (Fsp3) is 0.240. The number of rotatable bonds is 7. The van der Waals surface area contributed by atoms with E-state index >= 15 is 0 Å². The van der Waals surface area contributed by atoms with Gasteiger partial charge in [0.2, 0.25) is 5.91 Å². The van der Waals surface area contributed by atoms with E-state index in [9.17, 15) is 9.59 Å². The highest BCUT2D eigenvalue weighted by atomic mass is 32.1. The number of aromatic nitrogens is 2. The Labute approximate surface area is 190 Å². The lowest BCUT2D eigenvalue weighted by atomic mass is 10.0. The number of hydrogen-bond acceptors (Lipinski definition) is 5. The van der Waals surface area contributed by atoms with Crippen LogP contribution in [0.25, 0.3) is 21.3 Å². The van der Waals surface area contributed by atoms with E-state index in [4.69, 9.17) is 4.74 Å². The molecule has 0 fully saturated rings. The molecule has 0 aliphatic rings. The number of carbonyl (C=O) groups excluding carboxylic acids is 1. The number of nitrogens with zero attached hydrogens (tertiary/aromatic N) is 2. The second-order valence-corrected chi connectivity index (χ2v) is 8.30. The number of anilines is 1. The molecule has 2 heterocycles. The fourth-order valence-corrected chi connectivity index (χ4v) is 4.71. The van der Waals surface area contributed by atoms with Crippen molar-refractivity contribution in [3.63, 3.8) is 0 Å². The summed E-state index contributed by atoms with van der Waals surface area (Å²) in [5.41, 5.74) is 4.50. The Bertz CT molecular complexity index is 1300. The summed E-state index contributed by atoms with van der Waals surface area (Å²) in [6.07, 6.45) is 3.08. The SMILES string of the molecule is CCc1cccc(CC)c1NC(=O)Cn1cnc2scc(-c3ccc(OC)cc3)c2c1=O. The largest absolute Gasteiger partial charge is 0.497 e. The van der Waals surface area contributed by atoms with Crippen LogP contribution in [-0.2, 0) is 24.2 Å². The lowest BCUT2D eigenvalue weighted by molar-refractivity contribution is -0.116. The van der Waals surface area contributed by atoms with Gasteiger partial charge in [0.1, 0.15) is 17.1 Å². The molecule has 0 radical (unpaired) electrons. The van der Waals surface area contributed by atoms with E-state index in [1.54, 1.807) is 7.11 Å². The summed E-state index contributed by atoms with van der Waals surface area (Å²) in [6.45, 7) is 4.02. The number of ether oxygens (including phenoxy) is 1. The maximum absolute atomic E-state index is 13.3. The van der Waals surface area contributed by atoms with Crippen molar-refractivity contribution in [2.75, 3.05) is 12.4 Å². The van der Waals surface area contributed by atoms with E-state index in [1.807, 2.05) is 47.8 Å². The van der Waals surface area contributed by atoms with Crippen LogP contribution in [0, 0.1) is 0 Å². The van der Waals surface area contributed by atoms with Gasteiger partial charge in [-0.1, -0.05) is 44.2 Å². The average Bonchev–Trinajstić information content (AvgIpc) is 3.26. The molecule has 0 aliphatic carbocycles. The maximum Gasteiger partial charge on any atom is 0.263 e. The zero-order valence-electron chi connectivity index (χ0n) is 18.3. The molecule has 2 aromatic carbocycles. The predicted octanol–water partition coefficient (Wildman–Crippen LogP) is 4.90. The smallest absolute Gasteiger partial charge is 0.263 e. The summed E-state index contributed by atoms with van der Waals surface area (Å²) in [7, 11) is 1.62. The van der Waals surface area contributed by atoms with Gasteiger partial charge in [-0.2, -0.15) is 0 Å². The Kier molecular flexibility index (Phi) is 6.37. The van der Waals surface area contributed by atoms with Crippen LogP contribution in [-0.4, -0.2) is 22.6 Å². The van der Waals surface area contributed by atoms with Gasteiger partial charge in [0.25, 0.3) is 5.56 Å². The first-order chi connectivity index (χ1) is 15.5. The lowest BCUT2D eigenvalue weighted by Gasteiger charge is -2.15. The van der Waals surface area contributed by atoms with Crippen LogP contribution < -0.4 is 15.6 Å². The van der Waals surface area contributed by atoms with Crippen molar-refractivity contribution in [3.8, 4) is 16.9 Å². The van der Waals surface area contributed by atoms with Crippen LogP contribution in [0.3, 0.4) is 0 Å². The lowest BCUT2D eigenvalue weighted by Crippen LogP contribution is -2.28. The fourth-order valence-electron chi connectivity index (χ4n) is 3.80. The quantitative estimate of drug-likeness (QED) is 0.437. The first-order valence-corrected chi connectivity index (χ1v) is 11.4. The highest BCUT2D eigenvalue weighted by Gasteiger charge is 2.16. The third-order valence-corrected chi connectivity index (χ3v) is 6.43. The molecule has 32 heavy (non-hydrogen) atoms. The van der Waals surface area contributed by atoms with Crippen LogP contribution in [0.4, 0.5) is 5.69 Å². The average molecular weight is 448 g/mol. The van der Waals surface area contributed by atoms with Gasteiger partial charge >= 0.3 is 0 Å². The zero-order chi connectivity index (χ0) is 22.7. The molecular formula is C25H25N3O3S. The standard InChI is InChI=1S/C25H25N3O3S/c1-4-16-7-6-8-17(5-2)23(16)27-21(29)13-28-15-26-24-22(25(28)30)20(14-32-24)18-9-11-19(31-3)12-10-18/h6-12,14-15H,4-5,13H2,1-3H3,(H,27,29). The van der Waals surface area contributed by atoms with Gasteiger partial charge in [-0.15, -0.1) is 11.3 Å². The Morgan fingerprint density at radius 2 is 1.78 bits per heavy atom. The molecule has 1 amide bonds. The normalized spacial score (nSPS) is 11.0. The molecule has 0 aliphatic heterocycles. The van der Waals surface area contributed by atoms with Gasteiger partial charge in [-0.05, 0) is 41.7 Å². The number of methoxy groups -OCH3 is 1. The van der Waals surface area contributed by atoms with Gasteiger partial charge in [0, 0.05) is 16.6 Å². The van der Waals surface area contributed by atoms with Crippen molar-refractivity contribution in [1.29, 1.82) is 0 Å². The van der Waals surface area contributed by atoms with Crippen LogP contribution in [0.1, 0.15) is 25.0 Å². The van der Waals surface area contributed by atoms with E-state index in [2.05, 4.69) is 24.1 Å². The molecule has 0 unspecified atom stereocenters. The number of aryl methyl sites for hydroxylation is 2. The van der Waals surface area contributed by atoms with Crippen LogP contribution >= 0.6 is 11.3 Å². The molecule has 4 aromatic rings. The minimum Gasteiger partial charge on any atom is -0.497 e. The van der Waals surface area contributed by atoms with Crippen LogP contribution in [0.2, 0.25) is 0 Å². The third kappa shape index (κ3) is 4.16. The maximum atomic E-state index is 13.3. The number of benzene rings is 2. The van der Waals surface area contributed by atoms with E-state index < -0.39 is 0 Å². The van der Waals surface area contributed by atoms with Crippen molar-refractivity contribution >= 4 is 33.1 Å². The van der Waals surface area contributed by atoms with E-state index in [0.29, 0.717) is 10.2 Å². The topological polar surface area (TPSA) is 73.2 Å². The molecule has 1 N–H and O–H groups in total. The second kappa shape index (κ2) is 9.36. The molecule has 0 atom stereocenters. The number of para-hydroxylation sites is 1. The van der Waals surface area contributed by atoms with Crippen molar-refractivity contribution in [1.82, 2.24) is 9.55 Å². The third-order valence-electron chi connectivity index (χ3n) is 5.54. The molecule has 0 saturated carbocycles. The summed E-state index contributed by atoms with van der Waals surface area (Å²) in [6, 6.07) is 13.6. The van der Waals surface area contributed by atoms with Crippen molar-refractivity contribution in [3.05, 3.63) is 75.7 Å². The minimum atomic E-state index is -0.245. The molecule has 0 bridgehead atoms. The Hall–Kier alpha value is -3.45. The van der Waals surface area contributed by atoms with E-state index in [1.165, 1.54) is 22.2 Å². The van der Waals surface area contributed by atoms with Gasteiger partial charge < -0.3 is 10.1 Å². The van der Waals surface area contributed by atoms with Crippen molar-refractivity contribution in [2.45, 2.75) is 33.2 Å². The highest BCUT2D eigenvalue weighted by molar-refractivity contribution is 7.17. The molecule has 0 saturated heterocycles. The zero-order valence-corrected chi connectivity index (χ0v) is 19.2. The van der Waals surface area contributed by atoms with Gasteiger partial charge in [0.15, 0.2) is 0 Å². The highest BCUT2D eigenvalue weighted by Crippen LogP contribution is 2.31. The second-order valence-electron chi connectivity index (χ2n) is 7.44. The number of hydrogen-bond donors (Lipinski definition) is 1. The molecule has 4 rings (SSSR count). The number of fused-ring (bicyclic) bond motifs is 1. The molecule has 0 spiro atoms. The first kappa shape index (κ1) is 21.8. The predicted molar refractivity (Wildman–Crippen MR) is 130 cm³/mol. The summed E-state index contributed by atoms with van der Waals surface area (Å²) in [5.74, 6) is 0.504. The summed E-state index contributed by atoms with van der Waals surface area (Å²) < 4.78 is 6.59. The minimum absolute atomic E-state index is 0.0964. The molecular weight excluding hydrogens is 422 g/mol. The summed E-state index contributed by atoms with van der Waals surface area (Å²) in [4.78, 5) is 31.2. The molecule has 164 valence electrons. The summed E-state index contributed by atoms with van der Waals surface area (Å²) in [5, 5.41) is 5.47. The van der Waals surface area contributed by atoms with E-state index in [0.717, 1.165) is 46.5 Å². The molecule has 2 aromatic heterocycles. The number of amides is 1. The Balaban J connectivity index is 1.65. The van der Waals surface area contributed by atoms with E-state index in [-0.39, 0.29) is 18.0 Å². The van der Waals surface area contributed by atoms with Gasteiger partial charge in [-0.3, -0.25) is 14.2 Å². The number of carbonyl (C=O) groups is 1. The first-order valence-electron chi connectivity index (χ1n) is 10.6. The number of nitrogens with one attached hydrogen (secondary N) is 1. The summed E-state index contributed by atoms with van der Waals surface area (Å²) >= 11 is 1.42. The monoisotopic (exact) mass is 447 g/mol. The van der Waals surface area contributed by atoms with Gasteiger partial charge in [0.05, 0.1) is 18.8 Å². The van der Waals surface area contributed by atoms with Gasteiger partial charge in [-0.25, -0.2) is 4.98 Å². The van der Waals surface area contributed by atoms with Crippen LogP contribution in [0.15, 0.2) is 59.0 Å². The Morgan fingerprint density at radius 1 is 1.09 bits per heavy atom. The molecule has 7 heteroatoms. The van der Waals surface area contributed by atoms with Crippen molar-refractivity contribution in [2.24, 2.45) is 0 Å². The Morgan fingerprint density at radius 3 is 2.41 bits per heavy atom. The van der Waals surface area contributed by atoms with Crippen molar-refractivity contribution < 1.29 is 9.53 Å². The number of thiophene rings is 1.